The van der Waals surface area contributed by atoms with E-state index in [1.807, 2.05) is 24.3 Å². The molecule has 0 aliphatic heterocycles. The Bertz CT molecular complexity index is 814. The second kappa shape index (κ2) is 5.96. The summed E-state index contributed by atoms with van der Waals surface area (Å²) in [7, 11) is 1.61. The molecule has 2 heterocycles. The molecule has 118 valence electrons. The molecule has 1 aromatic carbocycles. The minimum atomic E-state index is -0.299. The number of methoxy groups -OCH3 is 1. The fourth-order valence-electron chi connectivity index (χ4n) is 2.19. The SMILES string of the molecule is COc1ccc(-c2cc(C(=O)Nc3c(C)noc3C)[nH]n2)cc1. The van der Waals surface area contributed by atoms with Crippen LogP contribution in [0.1, 0.15) is 21.9 Å². The Hall–Kier alpha value is -3.09. The number of rotatable bonds is 4. The van der Waals surface area contributed by atoms with Crippen LogP contribution in [0, 0.1) is 13.8 Å². The molecule has 3 aromatic rings. The summed E-state index contributed by atoms with van der Waals surface area (Å²) < 4.78 is 10.1. The molecule has 0 saturated carbocycles. The van der Waals surface area contributed by atoms with Crippen molar-refractivity contribution in [3.8, 4) is 17.0 Å². The third-order valence-electron chi connectivity index (χ3n) is 3.48. The molecule has 2 aromatic heterocycles. The number of aromatic nitrogens is 3. The molecule has 1 amide bonds. The van der Waals surface area contributed by atoms with Crippen molar-refractivity contribution in [3.05, 3.63) is 47.5 Å². The first-order valence-electron chi connectivity index (χ1n) is 7.02. The summed E-state index contributed by atoms with van der Waals surface area (Å²) in [6.07, 6.45) is 0. The zero-order chi connectivity index (χ0) is 16.4. The van der Waals surface area contributed by atoms with Crippen LogP contribution in [0.2, 0.25) is 0 Å². The molecule has 3 rings (SSSR count). The Kier molecular flexibility index (Phi) is 3.84. The monoisotopic (exact) mass is 312 g/mol. The molecule has 0 atom stereocenters. The van der Waals surface area contributed by atoms with Crippen molar-refractivity contribution in [1.29, 1.82) is 0 Å². The van der Waals surface area contributed by atoms with Crippen LogP contribution in [0.3, 0.4) is 0 Å². The van der Waals surface area contributed by atoms with Crippen molar-refractivity contribution >= 4 is 11.6 Å². The Morgan fingerprint density at radius 3 is 2.61 bits per heavy atom. The van der Waals surface area contributed by atoms with E-state index in [0.717, 1.165) is 11.3 Å². The predicted molar refractivity (Wildman–Crippen MR) is 84.5 cm³/mol. The van der Waals surface area contributed by atoms with Gasteiger partial charge in [-0.05, 0) is 44.2 Å². The highest BCUT2D eigenvalue weighted by Crippen LogP contribution is 2.23. The third-order valence-corrected chi connectivity index (χ3v) is 3.48. The number of carbonyl (C=O) groups is 1. The van der Waals surface area contributed by atoms with Crippen LogP contribution < -0.4 is 10.1 Å². The van der Waals surface area contributed by atoms with Gasteiger partial charge >= 0.3 is 0 Å². The van der Waals surface area contributed by atoms with Gasteiger partial charge in [0, 0.05) is 5.56 Å². The molecule has 23 heavy (non-hydrogen) atoms. The molecule has 0 spiro atoms. The number of benzene rings is 1. The highest BCUT2D eigenvalue weighted by Gasteiger charge is 2.16. The number of nitrogens with zero attached hydrogens (tertiary/aromatic N) is 2. The van der Waals surface area contributed by atoms with Crippen LogP contribution in [0.5, 0.6) is 5.75 Å². The molecular weight excluding hydrogens is 296 g/mol. The number of anilines is 1. The van der Waals surface area contributed by atoms with Gasteiger partial charge in [0.15, 0.2) is 5.76 Å². The van der Waals surface area contributed by atoms with Gasteiger partial charge in [-0.2, -0.15) is 5.10 Å². The van der Waals surface area contributed by atoms with Gasteiger partial charge in [-0.1, -0.05) is 5.16 Å². The topological polar surface area (TPSA) is 93.0 Å². The van der Waals surface area contributed by atoms with Crippen LogP contribution in [0.25, 0.3) is 11.3 Å². The minimum Gasteiger partial charge on any atom is -0.497 e. The summed E-state index contributed by atoms with van der Waals surface area (Å²) >= 11 is 0. The first-order chi connectivity index (χ1) is 11.1. The lowest BCUT2D eigenvalue weighted by Gasteiger charge is -2.01. The van der Waals surface area contributed by atoms with Crippen molar-refractivity contribution in [1.82, 2.24) is 15.4 Å². The Morgan fingerprint density at radius 1 is 1.26 bits per heavy atom. The molecule has 7 nitrogen and oxygen atoms in total. The lowest BCUT2D eigenvalue weighted by molar-refractivity contribution is 0.102. The van der Waals surface area contributed by atoms with E-state index in [0.29, 0.717) is 28.5 Å². The molecule has 0 fully saturated rings. The van der Waals surface area contributed by atoms with Crippen molar-refractivity contribution in [2.45, 2.75) is 13.8 Å². The largest absolute Gasteiger partial charge is 0.497 e. The zero-order valence-corrected chi connectivity index (χ0v) is 13.0. The second-order valence-corrected chi connectivity index (χ2v) is 5.05. The van der Waals surface area contributed by atoms with E-state index in [1.54, 1.807) is 27.0 Å². The summed E-state index contributed by atoms with van der Waals surface area (Å²) in [4.78, 5) is 12.3. The maximum atomic E-state index is 12.3. The number of aromatic amines is 1. The summed E-state index contributed by atoms with van der Waals surface area (Å²) in [6, 6.07) is 9.13. The van der Waals surface area contributed by atoms with Crippen molar-refractivity contribution in [3.63, 3.8) is 0 Å². The molecule has 0 saturated heterocycles. The quantitative estimate of drug-likeness (QED) is 0.772. The number of amides is 1. The van der Waals surface area contributed by atoms with E-state index in [4.69, 9.17) is 9.26 Å². The normalized spacial score (nSPS) is 10.6. The Balaban J connectivity index is 1.79. The van der Waals surface area contributed by atoms with Gasteiger partial charge in [0.05, 0.1) is 12.8 Å². The molecule has 0 radical (unpaired) electrons. The van der Waals surface area contributed by atoms with E-state index >= 15 is 0 Å². The van der Waals surface area contributed by atoms with Gasteiger partial charge in [-0.25, -0.2) is 0 Å². The van der Waals surface area contributed by atoms with Crippen LogP contribution in [-0.2, 0) is 0 Å². The number of aryl methyl sites for hydroxylation is 2. The molecule has 7 heteroatoms. The first kappa shape index (κ1) is 14.8. The fraction of sp³-hybridized carbons (Fsp3) is 0.188. The maximum absolute atomic E-state index is 12.3. The number of hydrogen-bond acceptors (Lipinski definition) is 5. The van der Waals surface area contributed by atoms with E-state index in [9.17, 15) is 4.79 Å². The van der Waals surface area contributed by atoms with E-state index in [1.165, 1.54) is 0 Å². The molecular formula is C16H16N4O3. The van der Waals surface area contributed by atoms with Gasteiger partial charge in [0.1, 0.15) is 22.8 Å². The molecule has 0 bridgehead atoms. The van der Waals surface area contributed by atoms with Crippen molar-refractivity contribution < 1.29 is 14.1 Å². The smallest absolute Gasteiger partial charge is 0.273 e. The van der Waals surface area contributed by atoms with Gasteiger partial charge in [0.25, 0.3) is 5.91 Å². The lowest BCUT2D eigenvalue weighted by atomic mass is 10.1. The molecule has 0 aliphatic rings. The van der Waals surface area contributed by atoms with Crippen molar-refractivity contribution in [2.24, 2.45) is 0 Å². The number of H-pyrrole nitrogens is 1. The first-order valence-corrected chi connectivity index (χ1v) is 7.02. The summed E-state index contributed by atoms with van der Waals surface area (Å²) in [5, 5.41) is 13.5. The number of ether oxygens (including phenoxy) is 1. The van der Waals surface area contributed by atoms with Crippen LogP contribution in [-0.4, -0.2) is 28.4 Å². The van der Waals surface area contributed by atoms with Gasteiger partial charge in [0.2, 0.25) is 0 Å². The minimum absolute atomic E-state index is 0.299. The zero-order valence-electron chi connectivity index (χ0n) is 13.0. The highest BCUT2D eigenvalue weighted by molar-refractivity contribution is 6.04. The van der Waals surface area contributed by atoms with Crippen LogP contribution >= 0.6 is 0 Å². The van der Waals surface area contributed by atoms with Crippen LogP contribution in [0.15, 0.2) is 34.9 Å². The number of carbonyl (C=O) groups excluding carboxylic acids is 1. The Morgan fingerprint density at radius 2 is 2.00 bits per heavy atom. The Labute approximate surface area is 132 Å². The van der Waals surface area contributed by atoms with Gasteiger partial charge in [-0.3, -0.25) is 9.89 Å². The summed E-state index contributed by atoms with van der Waals surface area (Å²) in [6.45, 7) is 3.51. The lowest BCUT2D eigenvalue weighted by Crippen LogP contribution is -2.13. The summed E-state index contributed by atoms with van der Waals surface area (Å²) in [5.41, 5.74) is 3.13. The predicted octanol–water partition coefficient (Wildman–Crippen LogP) is 2.94. The molecule has 0 aliphatic carbocycles. The molecule has 0 unspecified atom stereocenters. The fourth-order valence-corrected chi connectivity index (χ4v) is 2.19. The standard InChI is InChI=1S/C16H16N4O3/c1-9-15(10(2)23-20-9)17-16(21)14-8-13(18-19-14)11-4-6-12(22-3)7-5-11/h4-8H,1-3H3,(H,17,21)(H,18,19). The average molecular weight is 312 g/mol. The van der Waals surface area contributed by atoms with Crippen LogP contribution in [0.4, 0.5) is 5.69 Å². The van der Waals surface area contributed by atoms with E-state index in [2.05, 4.69) is 20.7 Å². The highest BCUT2D eigenvalue weighted by atomic mass is 16.5. The van der Waals surface area contributed by atoms with Gasteiger partial charge in [-0.15, -0.1) is 0 Å². The van der Waals surface area contributed by atoms with E-state index in [-0.39, 0.29) is 5.91 Å². The molecule has 2 N–H and O–H groups in total. The van der Waals surface area contributed by atoms with Gasteiger partial charge < -0.3 is 14.6 Å². The van der Waals surface area contributed by atoms with E-state index < -0.39 is 0 Å². The number of hydrogen-bond donors (Lipinski definition) is 2. The number of nitrogens with one attached hydrogen (secondary N) is 2. The van der Waals surface area contributed by atoms with Crippen molar-refractivity contribution in [2.75, 3.05) is 12.4 Å². The average Bonchev–Trinajstić information content (AvgIpc) is 3.17. The maximum Gasteiger partial charge on any atom is 0.273 e. The summed E-state index contributed by atoms with van der Waals surface area (Å²) in [5.74, 6) is 1.03. The second-order valence-electron chi connectivity index (χ2n) is 5.05. The third kappa shape index (κ3) is 2.94.